The van der Waals surface area contributed by atoms with E-state index in [1.54, 1.807) is 12.1 Å². The van der Waals surface area contributed by atoms with Crippen molar-refractivity contribution in [3.05, 3.63) is 53.6 Å². The van der Waals surface area contributed by atoms with E-state index in [0.29, 0.717) is 29.2 Å². The van der Waals surface area contributed by atoms with Crippen LogP contribution in [-0.4, -0.2) is 52.1 Å². The first-order valence-corrected chi connectivity index (χ1v) is 11.2. The Morgan fingerprint density at radius 2 is 1.54 bits per heavy atom. The van der Waals surface area contributed by atoms with E-state index < -0.39 is 17.9 Å². The molecular formula is C26H34N2O7. The quantitative estimate of drug-likeness (QED) is 0.262. The fourth-order valence-corrected chi connectivity index (χ4v) is 3.38. The normalized spacial score (nSPS) is 12.0. The van der Waals surface area contributed by atoms with Crippen LogP contribution in [0.4, 0.5) is 0 Å². The average molecular weight is 487 g/mol. The number of nitrogens with one attached hydrogen (secondary N) is 1. The number of oxime groups is 1. The lowest BCUT2D eigenvalue weighted by Crippen LogP contribution is -2.46. The van der Waals surface area contributed by atoms with E-state index in [0.717, 1.165) is 5.56 Å². The van der Waals surface area contributed by atoms with Crippen LogP contribution >= 0.6 is 0 Å². The monoisotopic (exact) mass is 486 g/mol. The van der Waals surface area contributed by atoms with Gasteiger partial charge in [-0.25, -0.2) is 4.79 Å². The second kappa shape index (κ2) is 13.8. The van der Waals surface area contributed by atoms with Crippen molar-refractivity contribution in [2.75, 3.05) is 28.4 Å². The minimum Gasteiger partial charge on any atom is -0.493 e. The van der Waals surface area contributed by atoms with Crippen LogP contribution < -0.4 is 19.5 Å². The van der Waals surface area contributed by atoms with Gasteiger partial charge in [0, 0.05) is 12.8 Å². The molecule has 0 aliphatic rings. The second-order valence-electron chi connectivity index (χ2n) is 8.18. The van der Waals surface area contributed by atoms with Gasteiger partial charge in [-0.15, -0.1) is 0 Å². The predicted molar refractivity (Wildman–Crippen MR) is 132 cm³/mol. The Morgan fingerprint density at radius 3 is 2.06 bits per heavy atom. The standard InChI is InChI=1S/C26H34N2O7/c1-17(2)12-20(28-35-16-18-10-8-7-9-11-18)25(29)27-21(26(30)34-6)13-19-14-22(31-3)24(33-5)23(15-19)32-4/h7-11,14-15,17,21H,12-13,16H2,1-6H3,(H,27,29)/t21-/m0/s1. The van der Waals surface area contributed by atoms with Gasteiger partial charge >= 0.3 is 5.97 Å². The second-order valence-corrected chi connectivity index (χ2v) is 8.18. The highest BCUT2D eigenvalue weighted by molar-refractivity contribution is 6.39. The Kier molecular flexibility index (Phi) is 10.9. The Bertz CT molecular complexity index is 981. The van der Waals surface area contributed by atoms with Gasteiger partial charge in [0.05, 0.1) is 28.4 Å². The number of hydrogen-bond acceptors (Lipinski definition) is 8. The maximum Gasteiger partial charge on any atom is 0.328 e. The summed E-state index contributed by atoms with van der Waals surface area (Å²) in [5, 5.41) is 6.81. The van der Waals surface area contributed by atoms with Gasteiger partial charge in [-0.05, 0) is 29.2 Å². The molecule has 0 unspecified atom stereocenters. The number of esters is 1. The van der Waals surface area contributed by atoms with Gasteiger partial charge in [-0.3, -0.25) is 4.79 Å². The Balaban J connectivity index is 2.23. The zero-order valence-corrected chi connectivity index (χ0v) is 21.1. The lowest BCUT2D eigenvalue weighted by Gasteiger charge is -2.19. The minimum absolute atomic E-state index is 0.134. The number of nitrogens with zero attached hydrogens (tertiary/aromatic N) is 1. The summed E-state index contributed by atoms with van der Waals surface area (Å²) in [5.74, 6) is 0.350. The van der Waals surface area contributed by atoms with Crippen LogP contribution in [0.3, 0.4) is 0 Å². The molecule has 0 fully saturated rings. The summed E-state index contributed by atoms with van der Waals surface area (Å²) >= 11 is 0. The van der Waals surface area contributed by atoms with Crippen molar-refractivity contribution in [2.45, 2.75) is 39.3 Å². The van der Waals surface area contributed by atoms with Gasteiger partial charge in [0.15, 0.2) is 11.5 Å². The molecule has 190 valence electrons. The summed E-state index contributed by atoms with van der Waals surface area (Å²) < 4.78 is 21.1. The summed E-state index contributed by atoms with van der Waals surface area (Å²) in [6.07, 6.45) is 0.508. The maximum absolute atomic E-state index is 13.1. The highest BCUT2D eigenvalue weighted by atomic mass is 16.6. The molecule has 0 bridgehead atoms. The summed E-state index contributed by atoms with van der Waals surface area (Å²) in [7, 11) is 5.78. The summed E-state index contributed by atoms with van der Waals surface area (Å²) in [4.78, 5) is 31.1. The third-order valence-corrected chi connectivity index (χ3v) is 5.07. The Morgan fingerprint density at radius 1 is 0.914 bits per heavy atom. The van der Waals surface area contributed by atoms with Crippen molar-refractivity contribution in [1.29, 1.82) is 0 Å². The zero-order chi connectivity index (χ0) is 25.8. The van der Waals surface area contributed by atoms with Crippen LogP contribution in [0.5, 0.6) is 17.2 Å². The average Bonchev–Trinajstić information content (AvgIpc) is 2.86. The molecule has 1 atom stereocenters. The van der Waals surface area contributed by atoms with Gasteiger partial charge in [0.2, 0.25) is 5.75 Å². The van der Waals surface area contributed by atoms with Crippen molar-refractivity contribution in [3.63, 3.8) is 0 Å². The van der Waals surface area contributed by atoms with Crippen molar-refractivity contribution in [3.8, 4) is 17.2 Å². The fraction of sp³-hybridized carbons (Fsp3) is 0.423. The van der Waals surface area contributed by atoms with Gasteiger partial charge < -0.3 is 29.1 Å². The largest absolute Gasteiger partial charge is 0.493 e. The maximum atomic E-state index is 13.1. The summed E-state index contributed by atoms with van der Waals surface area (Å²) in [6, 6.07) is 12.0. The van der Waals surface area contributed by atoms with E-state index in [2.05, 4.69) is 10.5 Å². The van der Waals surface area contributed by atoms with E-state index >= 15 is 0 Å². The van der Waals surface area contributed by atoms with E-state index in [1.165, 1.54) is 28.4 Å². The molecule has 0 radical (unpaired) electrons. The Hall–Kier alpha value is -3.75. The number of amides is 1. The lowest BCUT2D eigenvalue weighted by molar-refractivity contribution is -0.144. The number of ether oxygens (including phenoxy) is 4. The zero-order valence-electron chi connectivity index (χ0n) is 21.1. The molecule has 2 aromatic carbocycles. The molecular weight excluding hydrogens is 452 g/mol. The molecule has 0 heterocycles. The van der Waals surface area contributed by atoms with Gasteiger partial charge in [-0.1, -0.05) is 49.3 Å². The van der Waals surface area contributed by atoms with Gasteiger partial charge in [0.1, 0.15) is 18.4 Å². The topological polar surface area (TPSA) is 105 Å². The molecule has 0 aliphatic carbocycles. The summed E-state index contributed by atoms with van der Waals surface area (Å²) in [5.41, 5.74) is 1.79. The SMILES string of the molecule is COC(=O)[C@H](Cc1cc(OC)c(OC)c(OC)c1)NC(=O)C(CC(C)C)=NOCc1ccccc1. The van der Waals surface area contributed by atoms with Crippen LogP contribution in [0.25, 0.3) is 0 Å². The van der Waals surface area contributed by atoms with E-state index in [9.17, 15) is 9.59 Å². The molecule has 35 heavy (non-hydrogen) atoms. The van der Waals surface area contributed by atoms with Crippen LogP contribution in [0.1, 0.15) is 31.4 Å². The van der Waals surface area contributed by atoms with Gasteiger partial charge in [-0.2, -0.15) is 0 Å². The number of carbonyl (C=O) groups is 2. The minimum atomic E-state index is -0.971. The molecule has 0 aliphatic heterocycles. The van der Waals surface area contributed by atoms with Crippen molar-refractivity contribution < 1.29 is 33.4 Å². The van der Waals surface area contributed by atoms with Crippen molar-refractivity contribution in [2.24, 2.45) is 11.1 Å². The smallest absolute Gasteiger partial charge is 0.328 e. The van der Waals surface area contributed by atoms with E-state index in [-0.39, 0.29) is 24.7 Å². The highest BCUT2D eigenvalue weighted by Crippen LogP contribution is 2.38. The van der Waals surface area contributed by atoms with Crippen LogP contribution in [-0.2, 0) is 32.2 Å². The number of hydrogen-bond donors (Lipinski definition) is 1. The molecule has 1 amide bonds. The van der Waals surface area contributed by atoms with Gasteiger partial charge in [0.25, 0.3) is 5.91 Å². The first-order valence-electron chi connectivity index (χ1n) is 11.2. The number of benzene rings is 2. The van der Waals surface area contributed by atoms with Crippen molar-refractivity contribution in [1.82, 2.24) is 5.32 Å². The third-order valence-electron chi connectivity index (χ3n) is 5.07. The van der Waals surface area contributed by atoms with Crippen molar-refractivity contribution >= 4 is 17.6 Å². The predicted octanol–water partition coefficient (Wildman–Crippen LogP) is 3.53. The Labute approximate surface area is 206 Å². The van der Waals surface area contributed by atoms with E-state index in [1.807, 2.05) is 44.2 Å². The molecule has 0 saturated heterocycles. The van der Waals surface area contributed by atoms with Crippen LogP contribution in [0.15, 0.2) is 47.6 Å². The molecule has 0 saturated carbocycles. The van der Waals surface area contributed by atoms with E-state index in [4.69, 9.17) is 23.8 Å². The highest BCUT2D eigenvalue weighted by Gasteiger charge is 2.26. The number of carbonyl (C=O) groups excluding carboxylic acids is 2. The van der Waals surface area contributed by atoms with Crippen LogP contribution in [0.2, 0.25) is 0 Å². The molecule has 9 heteroatoms. The molecule has 2 aromatic rings. The summed E-state index contributed by atoms with van der Waals surface area (Å²) in [6.45, 7) is 4.16. The molecule has 2 rings (SSSR count). The lowest BCUT2D eigenvalue weighted by atomic mass is 10.0. The first-order chi connectivity index (χ1) is 16.8. The third kappa shape index (κ3) is 8.20. The molecule has 0 aromatic heterocycles. The number of rotatable bonds is 13. The number of methoxy groups -OCH3 is 4. The molecule has 0 spiro atoms. The molecule has 9 nitrogen and oxygen atoms in total. The molecule has 1 N–H and O–H groups in total. The van der Waals surface area contributed by atoms with Crippen LogP contribution in [0, 0.1) is 5.92 Å². The first kappa shape index (κ1) is 27.5. The fourth-order valence-electron chi connectivity index (χ4n) is 3.38.